The number of H-pyrrole nitrogens is 2. The van der Waals surface area contributed by atoms with Gasteiger partial charge in [-0.2, -0.15) is 0 Å². The number of benzene rings is 1. The molecule has 0 amide bonds. The average Bonchev–Trinajstić information content (AvgIpc) is 2.30. The van der Waals surface area contributed by atoms with Gasteiger partial charge in [0.1, 0.15) is 0 Å². The fourth-order valence-electron chi connectivity index (χ4n) is 2.07. The van der Waals surface area contributed by atoms with Gasteiger partial charge in [-0.15, -0.1) is 0 Å². The predicted molar refractivity (Wildman–Crippen MR) is 70.0 cm³/mol. The van der Waals surface area contributed by atoms with E-state index in [0.717, 1.165) is 22.0 Å². The van der Waals surface area contributed by atoms with Crippen molar-refractivity contribution in [3.8, 4) is 0 Å². The summed E-state index contributed by atoms with van der Waals surface area (Å²) in [7, 11) is 0. The van der Waals surface area contributed by atoms with Crippen molar-refractivity contribution in [1.29, 1.82) is 0 Å². The minimum Gasteiger partial charge on any atom is -0.306 e. The molecule has 2 aromatic heterocycles. The Morgan fingerprint density at radius 1 is 1.00 bits per heavy atom. The van der Waals surface area contributed by atoms with Gasteiger partial charge >= 0.3 is 5.69 Å². The van der Waals surface area contributed by atoms with Gasteiger partial charge in [0.2, 0.25) is 0 Å². The molecule has 2 N–H and O–H groups in total. The zero-order valence-corrected chi connectivity index (χ0v) is 10.00. The lowest BCUT2D eigenvalue weighted by molar-refractivity contribution is 1.08. The van der Waals surface area contributed by atoms with Gasteiger partial charge in [0.15, 0.2) is 0 Å². The van der Waals surface area contributed by atoms with Crippen LogP contribution >= 0.6 is 0 Å². The Bertz CT molecular complexity index is 890. The summed E-state index contributed by atoms with van der Waals surface area (Å²) in [6.07, 6.45) is 1.49. The molecule has 0 unspecified atom stereocenters. The molecule has 2 heterocycles. The average molecular weight is 241 g/mol. The molecule has 0 atom stereocenters. The van der Waals surface area contributed by atoms with E-state index in [2.05, 4.69) is 15.0 Å². The highest BCUT2D eigenvalue weighted by molar-refractivity contribution is 6.02. The van der Waals surface area contributed by atoms with E-state index >= 15 is 0 Å². The van der Waals surface area contributed by atoms with Crippen LogP contribution in [-0.4, -0.2) is 15.0 Å². The van der Waals surface area contributed by atoms with E-state index in [1.165, 1.54) is 6.20 Å². The van der Waals surface area contributed by atoms with E-state index in [0.29, 0.717) is 10.9 Å². The maximum Gasteiger partial charge on any atom is 0.326 e. The molecule has 0 saturated carbocycles. The topological polar surface area (TPSA) is 78.6 Å². The predicted octanol–water partition coefficient (Wildman–Crippen LogP) is 1.38. The lowest BCUT2D eigenvalue weighted by atomic mass is 10.0. The van der Waals surface area contributed by atoms with Crippen molar-refractivity contribution < 1.29 is 0 Å². The number of hydrogen-bond donors (Lipinski definition) is 2. The Morgan fingerprint density at radius 3 is 2.50 bits per heavy atom. The largest absolute Gasteiger partial charge is 0.326 e. The van der Waals surface area contributed by atoms with Gasteiger partial charge in [-0.05, 0) is 37.1 Å². The lowest BCUT2D eigenvalue weighted by Gasteiger charge is -2.05. The van der Waals surface area contributed by atoms with Crippen molar-refractivity contribution in [2.45, 2.75) is 13.8 Å². The Labute approximate surface area is 102 Å². The summed E-state index contributed by atoms with van der Waals surface area (Å²) in [5.41, 5.74) is 2.61. The molecule has 0 bridgehead atoms. The molecule has 3 aromatic rings. The summed E-state index contributed by atoms with van der Waals surface area (Å²) >= 11 is 0. The summed E-state index contributed by atoms with van der Waals surface area (Å²) in [5, 5.41) is 1.18. The van der Waals surface area contributed by atoms with Crippen molar-refractivity contribution in [3.63, 3.8) is 0 Å². The molecular formula is C13H11N3O2. The first-order valence-electron chi connectivity index (χ1n) is 5.58. The highest BCUT2D eigenvalue weighted by Gasteiger charge is 2.07. The summed E-state index contributed by atoms with van der Waals surface area (Å²) in [6, 6.07) is 3.89. The summed E-state index contributed by atoms with van der Waals surface area (Å²) in [6.45, 7) is 3.99. The van der Waals surface area contributed by atoms with Gasteiger partial charge in [-0.3, -0.25) is 14.8 Å². The highest BCUT2D eigenvalue weighted by Crippen LogP contribution is 2.22. The molecule has 5 heteroatoms. The summed E-state index contributed by atoms with van der Waals surface area (Å²) in [4.78, 5) is 32.2. The SMILES string of the molecule is Cc1cc2ncc3c(=O)[nH]c(=O)[nH]c3c2cc1C. The number of pyridine rings is 1. The smallest absolute Gasteiger partial charge is 0.306 e. The first kappa shape index (κ1) is 10.7. The second-order valence-corrected chi connectivity index (χ2v) is 4.41. The van der Waals surface area contributed by atoms with Crippen LogP contribution < -0.4 is 11.2 Å². The zero-order chi connectivity index (χ0) is 12.9. The van der Waals surface area contributed by atoms with E-state index in [1.54, 1.807) is 0 Å². The standard InChI is InChI=1S/C13H11N3O2/c1-6-3-8-10(4-7(6)2)14-5-9-11(8)15-13(18)16-12(9)17/h3-5H,1-2H3,(H2,15,16,17,18). The van der Waals surface area contributed by atoms with Crippen molar-refractivity contribution >= 4 is 21.8 Å². The summed E-state index contributed by atoms with van der Waals surface area (Å²) in [5.74, 6) is 0. The van der Waals surface area contributed by atoms with Crippen LogP contribution in [0.3, 0.4) is 0 Å². The van der Waals surface area contributed by atoms with Crippen molar-refractivity contribution in [2.75, 3.05) is 0 Å². The van der Waals surface area contributed by atoms with Crippen LogP contribution in [0.15, 0.2) is 27.9 Å². The zero-order valence-electron chi connectivity index (χ0n) is 10.00. The number of aryl methyl sites for hydroxylation is 2. The van der Waals surface area contributed by atoms with Crippen LogP contribution in [0.5, 0.6) is 0 Å². The first-order chi connectivity index (χ1) is 8.56. The summed E-state index contributed by atoms with van der Waals surface area (Å²) < 4.78 is 0. The van der Waals surface area contributed by atoms with E-state index in [4.69, 9.17) is 0 Å². The van der Waals surface area contributed by atoms with E-state index in [1.807, 2.05) is 26.0 Å². The van der Waals surface area contributed by atoms with E-state index < -0.39 is 11.2 Å². The van der Waals surface area contributed by atoms with Gasteiger partial charge in [0, 0.05) is 11.6 Å². The van der Waals surface area contributed by atoms with E-state index in [9.17, 15) is 9.59 Å². The van der Waals surface area contributed by atoms with Crippen LogP contribution in [0.2, 0.25) is 0 Å². The Kier molecular flexibility index (Phi) is 2.10. The van der Waals surface area contributed by atoms with Crippen molar-refractivity contribution in [1.82, 2.24) is 15.0 Å². The molecule has 0 aliphatic rings. The fourth-order valence-corrected chi connectivity index (χ4v) is 2.07. The molecule has 0 saturated heterocycles. The molecule has 90 valence electrons. The molecule has 1 aromatic carbocycles. The minimum absolute atomic E-state index is 0.394. The quantitative estimate of drug-likeness (QED) is 0.583. The Balaban J connectivity index is 2.64. The molecule has 0 spiro atoms. The van der Waals surface area contributed by atoms with Crippen molar-refractivity contribution in [3.05, 3.63) is 50.3 Å². The van der Waals surface area contributed by atoms with Gasteiger partial charge in [0.25, 0.3) is 5.56 Å². The van der Waals surface area contributed by atoms with Gasteiger partial charge in [-0.25, -0.2) is 4.79 Å². The number of nitrogens with one attached hydrogen (secondary N) is 2. The fraction of sp³-hybridized carbons (Fsp3) is 0.154. The van der Waals surface area contributed by atoms with Crippen LogP contribution in [0.1, 0.15) is 11.1 Å². The van der Waals surface area contributed by atoms with Crippen LogP contribution in [0.25, 0.3) is 21.8 Å². The number of aromatic amines is 2. The van der Waals surface area contributed by atoms with Crippen LogP contribution in [0, 0.1) is 13.8 Å². The van der Waals surface area contributed by atoms with Gasteiger partial charge < -0.3 is 4.98 Å². The van der Waals surface area contributed by atoms with Crippen LogP contribution in [-0.2, 0) is 0 Å². The molecule has 18 heavy (non-hydrogen) atoms. The number of nitrogens with zero attached hydrogens (tertiary/aromatic N) is 1. The molecule has 0 aliphatic heterocycles. The van der Waals surface area contributed by atoms with Crippen molar-refractivity contribution in [2.24, 2.45) is 0 Å². The lowest BCUT2D eigenvalue weighted by Crippen LogP contribution is -2.22. The normalized spacial score (nSPS) is 11.2. The molecule has 0 fully saturated rings. The Morgan fingerprint density at radius 2 is 1.72 bits per heavy atom. The maximum absolute atomic E-state index is 11.7. The highest BCUT2D eigenvalue weighted by atomic mass is 16.2. The number of hydrogen-bond acceptors (Lipinski definition) is 3. The third kappa shape index (κ3) is 1.44. The Hall–Kier alpha value is -2.43. The molecular weight excluding hydrogens is 230 g/mol. The molecule has 0 aliphatic carbocycles. The number of rotatable bonds is 0. The number of aromatic nitrogens is 3. The van der Waals surface area contributed by atoms with E-state index in [-0.39, 0.29) is 0 Å². The minimum atomic E-state index is -0.502. The maximum atomic E-state index is 11.7. The monoisotopic (exact) mass is 241 g/mol. The second-order valence-electron chi connectivity index (χ2n) is 4.41. The third-order valence-electron chi connectivity index (χ3n) is 3.19. The third-order valence-corrected chi connectivity index (χ3v) is 3.19. The molecule has 3 rings (SSSR count). The molecule has 0 radical (unpaired) electrons. The first-order valence-corrected chi connectivity index (χ1v) is 5.58. The van der Waals surface area contributed by atoms with Gasteiger partial charge in [0.05, 0.1) is 16.4 Å². The molecule has 5 nitrogen and oxygen atoms in total. The second kappa shape index (κ2) is 3.53. The number of fused-ring (bicyclic) bond motifs is 3. The van der Waals surface area contributed by atoms with Crippen LogP contribution in [0.4, 0.5) is 0 Å². The van der Waals surface area contributed by atoms with Gasteiger partial charge in [-0.1, -0.05) is 0 Å².